The molecule has 0 aromatic carbocycles. The smallest absolute Gasteiger partial charge is 0.305 e. The Balaban J connectivity index is 1.56. The number of carbonyl (C=O) groups is 1. The van der Waals surface area contributed by atoms with E-state index in [4.69, 9.17) is 4.74 Å². The highest BCUT2D eigenvalue weighted by atomic mass is 16.5. The van der Waals surface area contributed by atoms with Gasteiger partial charge >= 0.3 is 5.97 Å². The molecular weight excluding hydrogens is 240 g/mol. The van der Waals surface area contributed by atoms with Crippen molar-refractivity contribution in [3.05, 3.63) is 0 Å². The zero-order chi connectivity index (χ0) is 13.5. The van der Waals surface area contributed by atoms with Crippen LogP contribution in [0.25, 0.3) is 0 Å². The van der Waals surface area contributed by atoms with Crippen molar-refractivity contribution < 1.29 is 9.53 Å². The van der Waals surface area contributed by atoms with Crippen LogP contribution in [0.4, 0.5) is 0 Å². The van der Waals surface area contributed by atoms with Gasteiger partial charge < -0.3 is 10.1 Å². The fourth-order valence-corrected chi connectivity index (χ4v) is 3.44. The Morgan fingerprint density at radius 2 is 2.21 bits per heavy atom. The first kappa shape index (κ1) is 14.8. The van der Waals surface area contributed by atoms with E-state index in [-0.39, 0.29) is 5.97 Å². The van der Waals surface area contributed by atoms with Gasteiger partial charge in [-0.15, -0.1) is 0 Å². The van der Waals surface area contributed by atoms with Crippen molar-refractivity contribution >= 4 is 5.97 Å². The highest BCUT2D eigenvalue weighted by Crippen LogP contribution is 2.26. The van der Waals surface area contributed by atoms with Gasteiger partial charge in [0.25, 0.3) is 0 Å². The lowest BCUT2D eigenvalue weighted by atomic mass is 9.92. The second-order valence-electron chi connectivity index (χ2n) is 5.78. The SMILES string of the molecule is CCOC(=O)CCCCCN1CCCC2CNCC21. The summed E-state index contributed by atoms with van der Waals surface area (Å²) in [5.41, 5.74) is 0. The minimum Gasteiger partial charge on any atom is -0.466 e. The third-order valence-corrected chi connectivity index (χ3v) is 4.42. The molecule has 4 nitrogen and oxygen atoms in total. The summed E-state index contributed by atoms with van der Waals surface area (Å²) in [5, 5.41) is 3.52. The van der Waals surface area contributed by atoms with Gasteiger partial charge in [-0.1, -0.05) is 6.42 Å². The van der Waals surface area contributed by atoms with Crippen molar-refractivity contribution in [3.8, 4) is 0 Å². The molecule has 2 rings (SSSR count). The molecule has 0 aromatic rings. The Bertz CT molecular complexity index is 283. The molecule has 110 valence electrons. The molecule has 4 heteroatoms. The predicted molar refractivity (Wildman–Crippen MR) is 76.1 cm³/mol. The molecule has 0 bridgehead atoms. The normalized spacial score (nSPS) is 27.2. The lowest BCUT2D eigenvalue weighted by Crippen LogP contribution is -2.45. The molecule has 2 fully saturated rings. The Morgan fingerprint density at radius 3 is 3.05 bits per heavy atom. The molecule has 2 atom stereocenters. The molecule has 0 amide bonds. The average Bonchev–Trinajstić information content (AvgIpc) is 2.87. The summed E-state index contributed by atoms with van der Waals surface area (Å²) in [6.45, 7) is 7.22. The van der Waals surface area contributed by atoms with Crippen LogP contribution in [0.5, 0.6) is 0 Å². The number of esters is 1. The molecule has 2 heterocycles. The van der Waals surface area contributed by atoms with Crippen LogP contribution in [-0.4, -0.2) is 49.7 Å². The maximum absolute atomic E-state index is 11.2. The van der Waals surface area contributed by atoms with Gasteiger partial charge in [0.1, 0.15) is 0 Å². The van der Waals surface area contributed by atoms with Gasteiger partial charge in [-0.3, -0.25) is 9.69 Å². The van der Waals surface area contributed by atoms with Crippen LogP contribution in [0.2, 0.25) is 0 Å². The van der Waals surface area contributed by atoms with E-state index in [0.717, 1.165) is 24.8 Å². The van der Waals surface area contributed by atoms with Gasteiger partial charge in [-0.25, -0.2) is 0 Å². The molecule has 0 aromatic heterocycles. The second-order valence-corrected chi connectivity index (χ2v) is 5.78. The van der Waals surface area contributed by atoms with Crippen molar-refractivity contribution in [1.29, 1.82) is 0 Å². The van der Waals surface area contributed by atoms with E-state index < -0.39 is 0 Å². The molecule has 0 aliphatic carbocycles. The summed E-state index contributed by atoms with van der Waals surface area (Å²) in [6, 6.07) is 0.777. The van der Waals surface area contributed by atoms with Gasteiger partial charge in [0, 0.05) is 19.0 Å². The third-order valence-electron chi connectivity index (χ3n) is 4.42. The number of carbonyl (C=O) groups excluding carboxylic acids is 1. The van der Waals surface area contributed by atoms with Crippen molar-refractivity contribution in [2.75, 3.05) is 32.8 Å². The van der Waals surface area contributed by atoms with Crippen molar-refractivity contribution in [1.82, 2.24) is 10.2 Å². The van der Waals surface area contributed by atoms with Crippen LogP contribution in [0.3, 0.4) is 0 Å². The molecule has 1 N–H and O–H groups in total. The molecule has 2 aliphatic rings. The number of hydrogen-bond donors (Lipinski definition) is 1. The summed E-state index contributed by atoms with van der Waals surface area (Å²) >= 11 is 0. The average molecular weight is 268 g/mol. The number of nitrogens with zero attached hydrogens (tertiary/aromatic N) is 1. The van der Waals surface area contributed by atoms with Crippen molar-refractivity contribution in [2.24, 2.45) is 5.92 Å². The number of unbranched alkanes of at least 4 members (excludes halogenated alkanes) is 2. The lowest BCUT2D eigenvalue weighted by molar-refractivity contribution is -0.143. The highest BCUT2D eigenvalue weighted by molar-refractivity contribution is 5.69. The van der Waals surface area contributed by atoms with E-state index >= 15 is 0 Å². The van der Waals surface area contributed by atoms with Gasteiger partial charge in [0.05, 0.1) is 6.61 Å². The van der Waals surface area contributed by atoms with Crippen LogP contribution in [-0.2, 0) is 9.53 Å². The molecular formula is C15H28N2O2. The first-order valence-corrected chi connectivity index (χ1v) is 7.91. The monoisotopic (exact) mass is 268 g/mol. The van der Waals surface area contributed by atoms with Crippen LogP contribution in [0.1, 0.15) is 45.4 Å². The van der Waals surface area contributed by atoms with Crippen molar-refractivity contribution in [3.63, 3.8) is 0 Å². The molecule has 2 aliphatic heterocycles. The second kappa shape index (κ2) is 7.85. The summed E-state index contributed by atoms with van der Waals surface area (Å²) in [5.74, 6) is 0.841. The molecule has 19 heavy (non-hydrogen) atoms. The number of fused-ring (bicyclic) bond motifs is 1. The van der Waals surface area contributed by atoms with Gasteiger partial charge in [-0.2, -0.15) is 0 Å². The topological polar surface area (TPSA) is 41.6 Å². The van der Waals surface area contributed by atoms with Crippen LogP contribution < -0.4 is 5.32 Å². The van der Waals surface area contributed by atoms with Crippen LogP contribution in [0.15, 0.2) is 0 Å². The Kier molecular flexibility index (Phi) is 6.11. The standard InChI is InChI=1S/C15H28N2O2/c1-2-19-15(18)8-4-3-5-9-17-10-6-7-13-11-16-12-14(13)17/h13-14,16H,2-12H2,1H3. The van der Waals surface area contributed by atoms with Gasteiger partial charge in [-0.05, 0) is 58.2 Å². The number of hydrogen-bond acceptors (Lipinski definition) is 4. The maximum Gasteiger partial charge on any atom is 0.305 e. The van der Waals surface area contributed by atoms with Gasteiger partial charge in [0.15, 0.2) is 0 Å². The third kappa shape index (κ3) is 4.46. The molecule has 0 spiro atoms. The van der Waals surface area contributed by atoms with Crippen LogP contribution >= 0.6 is 0 Å². The summed E-state index contributed by atoms with van der Waals surface area (Å²) in [7, 11) is 0. The van der Waals surface area contributed by atoms with E-state index in [1.807, 2.05) is 6.92 Å². The Morgan fingerprint density at radius 1 is 1.32 bits per heavy atom. The number of nitrogens with one attached hydrogen (secondary N) is 1. The molecule has 2 unspecified atom stereocenters. The number of ether oxygens (including phenoxy) is 1. The first-order valence-electron chi connectivity index (χ1n) is 7.91. The number of piperidine rings is 1. The van der Waals surface area contributed by atoms with E-state index in [1.165, 1.54) is 45.4 Å². The van der Waals surface area contributed by atoms with E-state index in [2.05, 4.69) is 10.2 Å². The Labute approximate surface area is 116 Å². The lowest BCUT2D eigenvalue weighted by Gasteiger charge is -2.37. The predicted octanol–water partition coefficient (Wildman–Crippen LogP) is 1.79. The fourth-order valence-electron chi connectivity index (χ4n) is 3.44. The number of rotatable bonds is 7. The largest absolute Gasteiger partial charge is 0.466 e. The van der Waals surface area contributed by atoms with Crippen molar-refractivity contribution in [2.45, 2.75) is 51.5 Å². The van der Waals surface area contributed by atoms with E-state index in [1.54, 1.807) is 0 Å². The minimum absolute atomic E-state index is 0.0412. The highest BCUT2D eigenvalue weighted by Gasteiger charge is 2.34. The van der Waals surface area contributed by atoms with E-state index in [0.29, 0.717) is 13.0 Å². The van der Waals surface area contributed by atoms with Crippen LogP contribution in [0, 0.1) is 5.92 Å². The van der Waals surface area contributed by atoms with E-state index in [9.17, 15) is 4.79 Å². The van der Waals surface area contributed by atoms with Gasteiger partial charge in [0.2, 0.25) is 0 Å². The quantitative estimate of drug-likeness (QED) is 0.564. The summed E-state index contributed by atoms with van der Waals surface area (Å²) < 4.78 is 4.94. The fraction of sp³-hybridized carbons (Fsp3) is 0.933. The summed E-state index contributed by atoms with van der Waals surface area (Å²) in [4.78, 5) is 13.9. The Hall–Kier alpha value is -0.610. The molecule has 2 saturated heterocycles. The minimum atomic E-state index is -0.0412. The molecule has 0 radical (unpaired) electrons. The zero-order valence-corrected chi connectivity index (χ0v) is 12.2. The first-order chi connectivity index (χ1) is 9.31. The number of likely N-dealkylation sites (tertiary alicyclic amines) is 1. The summed E-state index contributed by atoms with van der Waals surface area (Å²) in [6.07, 6.45) is 6.66. The molecule has 0 saturated carbocycles. The zero-order valence-electron chi connectivity index (χ0n) is 12.2. The maximum atomic E-state index is 11.2.